The molecule has 3 nitrogen and oxygen atoms in total. The molecule has 0 unspecified atom stereocenters. The van der Waals surface area contributed by atoms with Crippen LogP contribution in [-0.2, 0) is 6.54 Å². The number of anilines is 1. The van der Waals surface area contributed by atoms with E-state index in [0.717, 1.165) is 34.6 Å². The van der Waals surface area contributed by atoms with E-state index in [2.05, 4.69) is 16.4 Å². The van der Waals surface area contributed by atoms with Gasteiger partial charge in [0, 0.05) is 24.1 Å². The third-order valence-corrected chi connectivity index (χ3v) is 3.00. The van der Waals surface area contributed by atoms with E-state index >= 15 is 0 Å². The molecule has 94 valence electrons. The molecule has 0 saturated carbocycles. The second kappa shape index (κ2) is 5.08. The van der Waals surface area contributed by atoms with Crippen LogP contribution in [0.1, 0.15) is 22.4 Å². The third-order valence-electron chi connectivity index (χ3n) is 3.00. The molecule has 0 atom stereocenters. The van der Waals surface area contributed by atoms with Crippen LogP contribution in [0.2, 0.25) is 0 Å². The van der Waals surface area contributed by atoms with Crippen molar-refractivity contribution < 1.29 is 5.11 Å². The van der Waals surface area contributed by atoms with Gasteiger partial charge in [-0.2, -0.15) is 0 Å². The SMILES string of the molecule is Cc1ccc(CNc2cc(C)c(O)cc2C)cn1. The number of phenolic OH excluding ortho intramolecular Hbond substituents is 1. The van der Waals surface area contributed by atoms with E-state index in [1.807, 2.05) is 39.1 Å². The van der Waals surface area contributed by atoms with Gasteiger partial charge in [0.1, 0.15) is 5.75 Å². The Kier molecular flexibility index (Phi) is 3.51. The summed E-state index contributed by atoms with van der Waals surface area (Å²) in [6.45, 7) is 6.59. The van der Waals surface area contributed by atoms with Crippen molar-refractivity contribution in [3.05, 3.63) is 52.8 Å². The van der Waals surface area contributed by atoms with Gasteiger partial charge in [0.2, 0.25) is 0 Å². The zero-order chi connectivity index (χ0) is 13.1. The average molecular weight is 242 g/mol. The van der Waals surface area contributed by atoms with Gasteiger partial charge >= 0.3 is 0 Å². The summed E-state index contributed by atoms with van der Waals surface area (Å²) in [4.78, 5) is 4.27. The molecule has 2 N–H and O–H groups in total. The van der Waals surface area contributed by atoms with Crippen molar-refractivity contribution in [2.45, 2.75) is 27.3 Å². The highest BCUT2D eigenvalue weighted by Gasteiger charge is 2.03. The lowest BCUT2D eigenvalue weighted by Gasteiger charge is -2.11. The Hall–Kier alpha value is -2.03. The minimum Gasteiger partial charge on any atom is -0.508 e. The van der Waals surface area contributed by atoms with Crippen LogP contribution in [-0.4, -0.2) is 10.1 Å². The normalized spacial score (nSPS) is 10.4. The average Bonchev–Trinajstić information content (AvgIpc) is 2.34. The van der Waals surface area contributed by atoms with Crippen molar-refractivity contribution in [1.82, 2.24) is 4.98 Å². The molecule has 1 aromatic heterocycles. The number of aryl methyl sites for hydroxylation is 3. The number of nitrogens with zero attached hydrogens (tertiary/aromatic N) is 1. The van der Waals surface area contributed by atoms with Crippen molar-refractivity contribution >= 4 is 5.69 Å². The Labute approximate surface area is 108 Å². The van der Waals surface area contributed by atoms with E-state index in [4.69, 9.17) is 0 Å². The summed E-state index contributed by atoms with van der Waals surface area (Å²) in [5, 5.41) is 13.0. The fraction of sp³-hybridized carbons (Fsp3) is 0.267. The molecule has 0 fully saturated rings. The Bertz CT molecular complexity index is 547. The lowest BCUT2D eigenvalue weighted by Crippen LogP contribution is -2.02. The van der Waals surface area contributed by atoms with Gasteiger partial charge in [0.25, 0.3) is 0 Å². The number of phenols is 1. The smallest absolute Gasteiger partial charge is 0.118 e. The Balaban J connectivity index is 2.10. The first-order valence-electron chi connectivity index (χ1n) is 6.02. The summed E-state index contributed by atoms with van der Waals surface area (Å²) >= 11 is 0. The maximum Gasteiger partial charge on any atom is 0.118 e. The van der Waals surface area contributed by atoms with Crippen LogP contribution in [0, 0.1) is 20.8 Å². The van der Waals surface area contributed by atoms with Crippen LogP contribution in [0.4, 0.5) is 5.69 Å². The Morgan fingerprint density at radius 3 is 2.56 bits per heavy atom. The van der Waals surface area contributed by atoms with Crippen molar-refractivity contribution in [2.24, 2.45) is 0 Å². The summed E-state index contributed by atoms with van der Waals surface area (Å²) in [6, 6.07) is 7.82. The number of aromatic hydroxyl groups is 1. The van der Waals surface area contributed by atoms with E-state index in [9.17, 15) is 5.11 Å². The van der Waals surface area contributed by atoms with Crippen molar-refractivity contribution in [1.29, 1.82) is 0 Å². The minimum absolute atomic E-state index is 0.343. The van der Waals surface area contributed by atoms with E-state index in [1.54, 1.807) is 6.07 Å². The number of benzene rings is 1. The number of aromatic nitrogens is 1. The fourth-order valence-corrected chi connectivity index (χ4v) is 1.79. The van der Waals surface area contributed by atoms with Crippen LogP contribution in [0.25, 0.3) is 0 Å². The molecule has 2 aromatic rings. The fourth-order valence-electron chi connectivity index (χ4n) is 1.79. The van der Waals surface area contributed by atoms with Gasteiger partial charge in [-0.25, -0.2) is 0 Å². The maximum absolute atomic E-state index is 9.60. The zero-order valence-corrected chi connectivity index (χ0v) is 11.0. The number of rotatable bonds is 3. The largest absolute Gasteiger partial charge is 0.508 e. The summed E-state index contributed by atoms with van der Waals surface area (Å²) in [7, 11) is 0. The summed E-state index contributed by atoms with van der Waals surface area (Å²) in [5.74, 6) is 0.343. The molecular formula is C15H18N2O. The van der Waals surface area contributed by atoms with Gasteiger partial charge in [-0.15, -0.1) is 0 Å². The second-order valence-electron chi connectivity index (χ2n) is 4.61. The molecule has 1 aromatic carbocycles. The van der Waals surface area contributed by atoms with Crippen molar-refractivity contribution in [3.63, 3.8) is 0 Å². The van der Waals surface area contributed by atoms with Crippen LogP contribution < -0.4 is 5.32 Å². The van der Waals surface area contributed by atoms with E-state index < -0.39 is 0 Å². The van der Waals surface area contributed by atoms with Gasteiger partial charge in [-0.3, -0.25) is 4.98 Å². The first-order valence-corrected chi connectivity index (χ1v) is 6.02. The van der Waals surface area contributed by atoms with Crippen LogP contribution >= 0.6 is 0 Å². The van der Waals surface area contributed by atoms with Crippen molar-refractivity contribution in [2.75, 3.05) is 5.32 Å². The highest BCUT2D eigenvalue weighted by Crippen LogP contribution is 2.25. The molecule has 0 aliphatic heterocycles. The number of hydrogen-bond donors (Lipinski definition) is 2. The Morgan fingerprint density at radius 1 is 1.11 bits per heavy atom. The van der Waals surface area contributed by atoms with Crippen LogP contribution in [0.15, 0.2) is 30.5 Å². The number of nitrogens with one attached hydrogen (secondary N) is 1. The number of pyridine rings is 1. The van der Waals surface area contributed by atoms with Gasteiger partial charge in [0.15, 0.2) is 0 Å². The highest BCUT2D eigenvalue weighted by molar-refractivity contribution is 5.56. The summed E-state index contributed by atoms with van der Waals surface area (Å²) in [6.07, 6.45) is 1.88. The molecule has 3 heteroatoms. The molecular weight excluding hydrogens is 224 g/mol. The van der Waals surface area contributed by atoms with E-state index in [0.29, 0.717) is 5.75 Å². The minimum atomic E-state index is 0.343. The number of hydrogen-bond acceptors (Lipinski definition) is 3. The first-order chi connectivity index (χ1) is 8.56. The molecule has 0 amide bonds. The van der Waals surface area contributed by atoms with E-state index in [-0.39, 0.29) is 0 Å². The predicted octanol–water partition coefficient (Wildman–Crippen LogP) is 3.32. The molecule has 0 radical (unpaired) electrons. The molecule has 1 heterocycles. The molecule has 0 spiro atoms. The first kappa shape index (κ1) is 12.4. The van der Waals surface area contributed by atoms with Gasteiger partial charge in [0.05, 0.1) is 0 Å². The topological polar surface area (TPSA) is 45.1 Å². The van der Waals surface area contributed by atoms with Gasteiger partial charge < -0.3 is 10.4 Å². The zero-order valence-electron chi connectivity index (χ0n) is 11.0. The third kappa shape index (κ3) is 2.80. The standard InChI is InChI=1S/C15H18N2O/c1-10-7-15(18)11(2)6-14(10)17-9-13-5-4-12(3)16-8-13/h4-8,17-18H,9H2,1-3H3. The summed E-state index contributed by atoms with van der Waals surface area (Å²) < 4.78 is 0. The monoisotopic (exact) mass is 242 g/mol. The van der Waals surface area contributed by atoms with Crippen LogP contribution in [0.5, 0.6) is 5.75 Å². The van der Waals surface area contributed by atoms with Gasteiger partial charge in [-0.05, 0) is 55.7 Å². The predicted molar refractivity (Wildman–Crippen MR) is 73.9 cm³/mol. The molecule has 0 saturated heterocycles. The molecule has 0 aliphatic carbocycles. The molecule has 18 heavy (non-hydrogen) atoms. The second-order valence-corrected chi connectivity index (χ2v) is 4.61. The quantitative estimate of drug-likeness (QED) is 0.811. The molecule has 0 aliphatic rings. The van der Waals surface area contributed by atoms with Crippen LogP contribution in [0.3, 0.4) is 0 Å². The maximum atomic E-state index is 9.60. The van der Waals surface area contributed by atoms with Crippen molar-refractivity contribution in [3.8, 4) is 5.75 Å². The highest BCUT2D eigenvalue weighted by atomic mass is 16.3. The lowest BCUT2D eigenvalue weighted by molar-refractivity contribution is 0.471. The molecule has 0 bridgehead atoms. The lowest BCUT2D eigenvalue weighted by atomic mass is 10.1. The van der Waals surface area contributed by atoms with Gasteiger partial charge in [-0.1, -0.05) is 6.07 Å². The molecule has 2 rings (SSSR count). The Morgan fingerprint density at radius 2 is 1.89 bits per heavy atom. The summed E-state index contributed by atoms with van der Waals surface area (Å²) in [5.41, 5.74) is 5.13. The van der Waals surface area contributed by atoms with E-state index in [1.165, 1.54) is 0 Å².